The summed E-state index contributed by atoms with van der Waals surface area (Å²) in [5.74, 6) is -0.441. The number of anilines is 1. The van der Waals surface area contributed by atoms with Gasteiger partial charge in [0.05, 0.1) is 13.1 Å². The molecule has 1 atom stereocenters. The molecule has 0 radical (unpaired) electrons. The number of aryl methyl sites for hydroxylation is 3. The highest BCUT2D eigenvalue weighted by atomic mass is 79.9. The summed E-state index contributed by atoms with van der Waals surface area (Å²) in [4.78, 5) is 24.2. The average Bonchev–Trinajstić information content (AvgIpc) is 2.72. The van der Waals surface area contributed by atoms with Gasteiger partial charge in [0.2, 0.25) is 11.8 Å². The van der Waals surface area contributed by atoms with Crippen LogP contribution in [0.4, 0.5) is 5.69 Å². The molecule has 6 heteroatoms. The molecule has 0 bridgehead atoms. The van der Waals surface area contributed by atoms with Crippen LogP contribution in [-0.4, -0.2) is 24.9 Å². The van der Waals surface area contributed by atoms with E-state index in [9.17, 15) is 9.59 Å². The number of carbonyl (C=O) groups excluding carboxylic acids is 2. The van der Waals surface area contributed by atoms with Crippen molar-refractivity contribution in [1.29, 1.82) is 0 Å². The summed E-state index contributed by atoms with van der Waals surface area (Å²) in [5.41, 5.74) is 5.79. The number of carbonyl (C=O) groups is 2. The standard InChI is InChI=1S/C23H28BrN3O2/c1-15-11-20(24)9-10-21(15)27-23(29)14-26-22(28)13-25-16(2)18-8-7-17-5-3-4-6-19(17)12-18/h7-12,16,25H,3-6,13-14H2,1-2H3,(H,26,28)(H,27,29)/t16-/m0/s1. The van der Waals surface area contributed by atoms with Crippen LogP contribution in [0.3, 0.4) is 0 Å². The van der Waals surface area contributed by atoms with E-state index in [0.29, 0.717) is 0 Å². The van der Waals surface area contributed by atoms with Crippen LogP contribution in [0.15, 0.2) is 40.9 Å². The second-order valence-corrected chi connectivity index (χ2v) is 8.54. The third-order valence-corrected chi connectivity index (χ3v) is 5.84. The molecule has 1 aliphatic carbocycles. The number of hydrogen-bond acceptors (Lipinski definition) is 3. The van der Waals surface area contributed by atoms with Crippen molar-refractivity contribution in [2.24, 2.45) is 0 Å². The Labute approximate surface area is 180 Å². The predicted octanol–water partition coefficient (Wildman–Crippen LogP) is 4.04. The van der Waals surface area contributed by atoms with E-state index in [2.05, 4.69) is 57.0 Å². The van der Waals surface area contributed by atoms with Crippen LogP contribution in [0.25, 0.3) is 0 Å². The Kier molecular flexibility index (Phi) is 7.45. The van der Waals surface area contributed by atoms with Gasteiger partial charge in [-0.25, -0.2) is 0 Å². The molecule has 3 N–H and O–H groups in total. The molecule has 0 fully saturated rings. The van der Waals surface area contributed by atoms with Gasteiger partial charge in [0, 0.05) is 16.2 Å². The van der Waals surface area contributed by atoms with Crippen molar-refractivity contribution in [3.05, 3.63) is 63.1 Å². The van der Waals surface area contributed by atoms with E-state index in [4.69, 9.17) is 0 Å². The Hall–Kier alpha value is -2.18. The lowest BCUT2D eigenvalue weighted by Gasteiger charge is -2.20. The first-order valence-electron chi connectivity index (χ1n) is 10.1. The van der Waals surface area contributed by atoms with Crippen LogP contribution >= 0.6 is 15.9 Å². The molecule has 0 heterocycles. The number of amides is 2. The first kappa shape index (κ1) is 21.5. The van der Waals surface area contributed by atoms with Gasteiger partial charge < -0.3 is 16.0 Å². The molecule has 0 saturated carbocycles. The molecular weight excluding hydrogens is 430 g/mol. The lowest BCUT2D eigenvalue weighted by Crippen LogP contribution is -2.39. The molecule has 29 heavy (non-hydrogen) atoms. The minimum absolute atomic E-state index is 0.0523. The number of fused-ring (bicyclic) bond motifs is 1. The van der Waals surface area contributed by atoms with Gasteiger partial charge in [-0.05, 0) is 80.0 Å². The first-order valence-corrected chi connectivity index (χ1v) is 10.9. The van der Waals surface area contributed by atoms with Crippen LogP contribution < -0.4 is 16.0 Å². The normalized spacial score (nSPS) is 14.0. The van der Waals surface area contributed by atoms with Crippen molar-refractivity contribution in [3.63, 3.8) is 0 Å². The van der Waals surface area contributed by atoms with Gasteiger partial charge in [0.15, 0.2) is 0 Å². The lowest BCUT2D eigenvalue weighted by atomic mass is 9.89. The Morgan fingerprint density at radius 2 is 1.76 bits per heavy atom. The summed E-state index contributed by atoms with van der Waals surface area (Å²) < 4.78 is 0.959. The van der Waals surface area contributed by atoms with Crippen LogP contribution in [0.5, 0.6) is 0 Å². The SMILES string of the molecule is Cc1cc(Br)ccc1NC(=O)CNC(=O)CN[C@@H](C)c1ccc2c(c1)CCCC2. The van der Waals surface area contributed by atoms with E-state index in [1.165, 1.54) is 36.0 Å². The average molecular weight is 458 g/mol. The fraction of sp³-hybridized carbons (Fsp3) is 0.391. The van der Waals surface area contributed by atoms with E-state index in [1.54, 1.807) is 0 Å². The van der Waals surface area contributed by atoms with E-state index < -0.39 is 0 Å². The zero-order valence-electron chi connectivity index (χ0n) is 17.0. The third-order valence-electron chi connectivity index (χ3n) is 5.35. The highest BCUT2D eigenvalue weighted by molar-refractivity contribution is 9.10. The van der Waals surface area contributed by atoms with E-state index >= 15 is 0 Å². The zero-order valence-corrected chi connectivity index (χ0v) is 18.6. The smallest absolute Gasteiger partial charge is 0.243 e. The van der Waals surface area contributed by atoms with Crippen LogP contribution in [0, 0.1) is 6.92 Å². The summed E-state index contributed by atoms with van der Waals surface area (Å²) in [6.07, 6.45) is 4.84. The predicted molar refractivity (Wildman–Crippen MR) is 120 cm³/mol. The third kappa shape index (κ3) is 6.15. The Morgan fingerprint density at radius 3 is 2.52 bits per heavy atom. The molecule has 0 spiro atoms. The quantitative estimate of drug-likeness (QED) is 0.587. The topological polar surface area (TPSA) is 70.2 Å². The summed E-state index contributed by atoms with van der Waals surface area (Å²) >= 11 is 3.40. The summed E-state index contributed by atoms with van der Waals surface area (Å²) in [5, 5.41) is 8.73. The largest absolute Gasteiger partial charge is 0.346 e. The fourth-order valence-corrected chi connectivity index (χ4v) is 4.06. The number of halogens is 1. The van der Waals surface area contributed by atoms with Crippen molar-refractivity contribution >= 4 is 33.4 Å². The molecular formula is C23H28BrN3O2. The first-order chi connectivity index (χ1) is 13.9. The van der Waals surface area contributed by atoms with Gasteiger partial charge in [0.1, 0.15) is 0 Å². The number of nitrogens with one attached hydrogen (secondary N) is 3. The fourth-order valence-electron chi connectivity index (χ4n) is 3.59. The Bertz CT molecular complexity index is 898. The minimum Gasteiger partial charge on any atom is -0.346 e. The molecule has 2 amide bonds. The van der Waals surface area contributed by atoms with Gasteiger partial charge in [-0.1, -0.05) is 34.1 Å². The molecule has 2 aromatic rings. The van der Waals surface area contributed by atoms with E-state index in [0.717, 1.165) is 22.1 Å². The molecule has 0 unspecified atom stereocenters. The summed E-state index contributed by atoms with van der Waals surface area (Å²) in [6.45, 7) is 4.10. The highest BCUT2D eigenvalue weighted by Crippen LogP contribution is 2.24. The maximum Gasteiger partial charge on any atom is 0.243 e. The van der Waals surface area contributed by atoms with Crippen LogP contribution in [0.2, 0.25) is 0 Å². The van der Waals surface area contributed by atoms with Crippen molar-refractivity contribution < 1.29 is 9.59 Å². The molecule has 5 nitrogen and oxygen atoms in total. The van der Waals surface area contributed by atoms with Crippen molar-refractivity contribution in [2.75, 3.05) is 18.4 Å². The molecule has 0 saturated heterocycles. The molecule has 0 aliphatic heterocycles. The second-order valence-electron chi connectivity index (χ2n) is 7.62. The summed E-state index contributed by atoms with van der Waals surface area (Å²) in [6, 6.07) is 12.3. The van der Waals surface area contributed by atoms with Gasteiger partial charge >= 0.3 is 0 Å². The van der Waals surface area contributed by atoms with Crippen molar-refractivity contribution in [1.82, 2.24) is 10.6 Å². The van der Waals surface area contributed by atoms with E-state index in [1.807, 2.05) is 25.1 Å². The van der Waals surface area contributed by atoms with E-state index in [-0.39, 0.29) is 30.9 Å². The van der Waals surface area contributed by atoms with Crippen LogP contribution in [0.1, 0.15) is 48.1 Å². The highest BCUT2D eigenvalue weighted by Gasteiger charge is 2.13. The molecule has 154 valence electrons. The molecule has 2 aromatic carbocycles. The number of benzene rings is 2. The monoisotopic (exact) mass is 457 g/mol. The van der Waals surface area contributed by atoms with Crippen molar-refractivity contribution in [2.45, 2.75) is 45.6 Å². The minimum atomic E-state index is -0.244. The maximum atomic E-state index is 12.1. The molecule has 0 aromatic heterocycles. The van der Waals surface area contributed by atoms with Gasteiger partial charge in [-0.3, -0.25) is 9.59 Å². The van der Waals surface area contributed by atoms with Gasteiger partial charge in [-0.2, -0.15) is 0 Å². The van der Waals surface area contributed by atoms with Crippen molar-refractivity contribution in [3.8, 4) is 0 Å². The number of hydrogen-bond donors (Lipinski definition) is 3. The second kappa shape index (κ2) is 10.0. The number of rotatable bonds is 7. The molecule has 3 rings (SSSR count). The van der Waals surface area contributed by atoms with Crippen LogP contribution in [-0.2, 0) is 22.4 Å². The van der Waals surface area contributed by atoms with Gasteiger partial charge in [0.25, 0.3) is 0 Å². The zero-order chi connectivity index (χ0) is 20.8. The Morgan fingerprint density at radius 1 is 1.00 bits per heavy atom. The van der Waals surface area contributed by atoms with Gasteiger partial charge in [-0.15, -0.1) is 0 Å². The lowest BCUT2D eigenvalue weighted by molar-refractivity contribution is -0.123. The maximum absolute atomic E-state index is 12.1. The summed E-state index contributed by atoms with van der Waals surface area (Å²) in [7, 11) is 0. The molecule has 1 aliphatic rings. The Balaban J connectivity index is 1.43.